The van der Waals surface area contributed by atoms with E-state index < -0.39 is 9.84 Å². The molecule has 2 aromatic carbocycles. The minimum absolute atomic E-state index is 0.322. The number of sulfone groups is 1. The van der Waals surface area contributed by atoms with E-state index in [1.807, 2.05) is 51.1 Å². The molecule has 0 aliphatic carbocycles. The normalized spacial score (nSPS) is 15.5. The second kappa shape index (κ2) is 8.52. The molecule has 2 heterocycles. The van der Waals surface area contributed by atoms with Gasteiger partial charge in [-0.05, 0) is 50.3 Å². The number of rotatable bonds is 5. The number of hydrogen-bond acceptors (Lipinski definition) is 5. The van der Waals surface area contributed by atoms with Gasteiger partial charge in [-0.1, -0.05) is 48.0 Å². The lowest BCUT2D eigenvalue weighted by molar-refractivity contribution is 0.528. The molecule has 4 nitrogen and oxygen atoms in total. The lowest BCUT2D eigenvalue weighted by Gasteiger charge is -2.32. The van der Waals surface area contributed by atoms with Gasteiger partial charge in [-0.3, -0.25) is 0 Å². The SMILES string of the molecule is Cc1cc(C)c(S(=O)(=O)C2CCN(c3nc(Cc4ccccc4)cs3)CC2)c(C)c1. The molecule has 158 valence electrons. The number of thiazole rings is 1. The van der Waals surface area contributed by atoms with Crippen LogP contribution in [0.25, 0.3) is 0 Å². The quantitative estimate of drug-likeness (QED) is 0.554. The molecule has 1 saturated heterocycles. The van der Waals surface area contributed by atoms with Crippen molar-refractivity contribution in [1.29, 1.82) is 0 Å². The average Bonchev–Trinajstić information content (AvgIpc) is 3.16. The molecule has 30 heavy (non-hydrogen) atoms. The summed E-state index contributed by atoms with van der Waals surface area (Å²) in [5.41, 5.74) is 5.15. The summed E-state index contributed by atoms with van der Waals surface area (Å²) in [5.74, 6) is 0. The van der Waals surface area contributed by atoms with Crippen LogP contribution < -0.4 is 4.90 Å². The summed E-state index contributed by atoms with van der Waals surface area (Å²) >= 11 is 1.65. The Labute approximate surface area is 183 Å². The predicted octanol–water partition coefficient (Wildman–Crippen LogP) is 5.10. The third-order valence-electron chi connectivity index (χ3n) is 5.81. The Kier molecular flexibility index (Phi) is 5.98. The number of hydrogen-bond donors (Lipinski definition) is 0. The molecule has 0 bridgehead atoms. The summed E-state index contributed by atoms with van der Waals surface area (Å²) in [6.45, 7) is 7.28. The van der Waals surface area contributed by atoms with Crippen LogP contribution in [-0.4, -0.2) is 31.7 Å². The first kappa shape index (κ1) is 21.1. The van der Waals surface area contributed by atoms with Gasteiger partial charge in [0.25, 0.3) is 0 Å². The maximum absolute atomic E-state index is 13.4. The van der Waals surface area contributed by atoms with Gasteiger partial charge in [-0.2, -0.15) is 0 Å². The molecule has 0 unspecified atom stereocenters. The molecule has 0 radical (unpaired) electrons. The average molecular weight is 441 g/mol. The van der Waals surface area contributed by atoms with E-state index in [2.05, 4.69) is 22.4 Å². The van der Waals surface area contributed by atoms with Crippen molar-refractivity contribution < 1.29 is 8.42 Å². The Bertz CT molecular complexity index is 1110. The van der Waals surface area contributed by atoms with Gasteiger partial charge in [-0.15, -0.1) is 11.3 Å². The molecule has 0 atom stereocenters. The Morgan fingerprint density at radius 2 is 1.67 bits per heavy atom. The number of anilines is 1. The van der Waals surface area contributed by atoms with Crippen LogP contribution in [0.1, 0.15) is 40.8 Å². The summed E-state index contributed by atoms with van der Waals surface area (Å²) in [5, 5.41) is 2.79. The van der Waals surface area contributed by atoms with Crippen LogP contribution in [0.2, 0.25) is 0 Å². The number of benzene rings is 2. The van der Waals surface area contributed by atoms with Gasteiger partial charge < -0.3 is 4.90 Å². The second-order valence-electron chi connectivity index (χ2n) is 8.24. The van der Waals surface area contributed by atoms with Crippen molar-refractivity contribution >= 4 is 26.3 Å². The predicted molar refractivity (Wildman–Crippen MR) is 124 cm³/mol. The van der Waals surface area contributed by atoms with Crippen molar-refractivity contribution in [1.82, 2.24) is 4.98 Å². The number of nitrogens with zero attached hydrogens (tertiary/aromatic N) is 2. The standard InChI is InChI=1S/C24H28N2O2S2/c1-17-13-18(2)23(19(3)14-17)30(27,28)22-9-11-26(12-10-22)24-25-21(16-29-24)15-20-7-5-4-6-8-20/h4-8,13-14,16,22H,9-12,15H2,1-3H3. The third-order valence-corrected chi connectivity index (χ3v) is 9.32. The zero-order chi connectivity index (χ0) is 21.3. The summed E-state index contributed by atoms with van der Waals surface area (Å²) in [4.78, 5) is 7.58. The fourth-order valence-corrected chi connectivity index (χ4v) is 7.53. The smallest absolute Gasteiger partial charge is 0.185 e. The molecule has 1 aliphatic rings. The van der Waals surface area contributed by atoms with Gasteiger partial charge >= 0.3 is 0 Å². The zero-order valence-electron chi connectivity index (χ0n) is 17.8. The lowest BCUT2D eigenvalue weighted by Crippen LogP contribution is -2.39. The first-order chi connectivity index (χ1) is 14.3. The highest BCUT2D eigenvalue weighted by Crippen LogP contribution is 2.32. The van der Waals surface area contributed by atoms with Crippen LogP contribution in [0.4, 0.5) is 5.13 Å². The molecule has 0 saturated carbocycles. The van der Waals surface area contributed by atoms with Crippen molar-refractivity contribution in [3.8, 4) is 0 Å². The van der Waals surface area contributed by atoms with E-state index in [0.717, 1.165) is 47.0 Å². The zero-order valence-corrected chi connectivity index (χ0v) is 19.4. The monoisotopic (exact) mass is 440 g/mol. The molecular formula is C24H28N2O2S2. The molecule has 6 heteroatoms. The van der Waals surface area contributed by atoms with E-state index in [1.54, 1.807) is 11.3 Å². The van der Waals surface area contributed by atoms with E-state index in [4.69, 9.17) is 4.98 Å². The Morgan fingerprint density at radius 1 is 1.03 bits per heavy atom. The topological polar surface area (TPSA) is 50.3 Å². The molecule has 1 aromatic heterocycles. The van der Waals surface area contributed by atoms with Gasteiger partial charge in [0.15, 0.2) is 15.0 Å². The molecular weight excluding hydrogens is 412 g/mol. The highest BCUT2D eigenvalue weighted by molar-refractivity contribution is 7.92. The van der Waals surface area contributed by atoms with E-state index >= 15 is 0 Å². The van der Waals surface area contributed by atoms with Gasteiger partial charge in [-0.25, -0.2) is 13.4 Å². The minimum atomic E-state index is -3.32. The molecule has 1 fully saturated rings. The van der Waals surface area contributed by atoms with Crippen LogP contribution in [0, 0.1) is 20.8 Å². The maximum Gasteiger partial charge on any atom is 0.185 e. The van der Waals surface area contributed by atoms with Gasteiger partial charge in [0.05, 0.1) is 15.8 Å². The van der Waals surface area contributed by atoms with Gasteiger partial charge in [0.2, 0.25) is 0 Å². The summed E-state index contributed by atoms with van der Waals surface area (Å²) < 4.78 is 26.7. The van der Waals surface area contributed by atoms with Crippen molar-refractivity contribution in [2.75, 3.05) is 18.0 Å². The van der Waals surface area contributed by atoms with Crippen LogP contribution in [0.15, 0.2) is 52.7 Å². The van der Waals surface area contributed by atoms with E-state index in [1.165, 1.54) is 5.56 Å². The van der Waals surface area contributed by atoms with Gasteiger partial charge in [0.1, 0.15) is 0 Å². The first-order valence-corrected chi connectivity index (χ1v) is 12.8. The van der Waals surface area contributed by atoms with Gasteiger partial charge in [0, 0.05) is 24.9 Å². The van der Waals surface area contributed by atoms with Crippen molar-refractivity contribution in [3.05, 3.63) is 75.8 Å². The number of aromatic nitrogens is 1. The molecule has 1 aliphatic heterocycles. The van der Waals surface area contributed by atoms with Crippen molar-refractivity contribution in [2.24, 2.45) is 0 Å². The molecule has 0 spiro atoms. The Morgan fingerprint density at radius 3 is 2.30 bits per heavy atom. The largest absolute Gasteiger partial charge is 0.348 e. The molecule has 0 amide bonds. The summed E-state index contributed by atoms with van der Waals surface area (Å²) in [6, 6.07) is 14.3. The van der Waals surface area contributed by atoms with Crippen LogP contribution in [0.5, 0.6) is 0 Å². The van der Waals surface area contributed by atoms with Crippen LogP contribution >= 0.6 is 11.3 Å². The molecule has 0 N–H and O–H groups in total. The maximum atomic E-state index is 13.4. The fourth-order valence-electron chi connectivity index (χ4n) is 4.47. The van der Waals surface area contributed by atoms with Crippen molar-refractivity contribution in [2.45, 2.75) is 50.2 Å². The van der Waals surface area contributed by atoms with Crippen LogP contribution in [0.3, 0.4) is 0 Å². The Hall–Kier alpha value is -2.18. The Balaban J connectivity index is 1.44. The van der Waals surface area contributed by atoms with E-state index in [0.29, 0.717) is 17.7 Å². The second-order valence-corrected chi connectivity index (χ2v) is 11.2. The molecule has 4 rings (SSSR count). The fraction of sp³-hybridized carbons (Fsp3) is 0.375. The highest BCUT2D eigenvalue weighted by atomic mass is 32.2. The summed E-state index contributed by atoms with van der Waals surface area (Å²) in [7, 11) is -3.32. The first-order valence-electron chi connectivity index (χ1n) is 10.4. The number of piperidine rings is 1. The van der Waals surface area contributed by atoms with Crippen molar-refractivity contribution in [3.63, 3.8) is 0 Å². The number of aryl methyl sites for hydroxylation is 3. The highest BCUT2D eigenvalue weighted by Gasteiger charge is 2.34. The summed E-state index contributed by atoms with van der Waals surface area (Å²) in [6.07, 6.45) is 2.11. The van der Waals surface area contributed by atoms with Crippen LogP contribution in [-0.2, 0) is 16.3 Å². The van der Waals surface area contributed by atoms with E-state index in [9.17, 15) is 8.42 Å². The lowest BCUT2D eigenvalue weighted by atomic mass is 10.1. The molecule has 3 aromatic rings. The minimum Gasteiger partial charge on any atom is -0.348 e. The third kappa shape index (κ3) is 4.30. The van der Waals surface area contributed by atoms with E-state index in [-0.39, 0.29) is 5.25 Å².